The Kier molecular flexibility index (Phi) is 6.21. The molecular formula is C49H33NOS. The number of thiophene rings is 1. The van der Waals surface area contributed by atoms with Gasteiger partial charge in [-0.1, -0.05) is 129 Å². The molecule has 0 spiro atoms. The van der Waals surface area contributed by atoms with Crippen molar-refractivity contribution in [3.63, 3.8) is 0 Å². The van der Waals surface area contributed by atoms with Gasteiger partial charge in [-0.15, -0.1) is 11.3 Å². The Morgan fingerprint density at radius 3 is 2.06 bits per heavy atom. The van der Waals surface area contributed by atoms with Crippen LogP contribution in [0.15, 0.2) is 168 Å². The molecule has 0 unspecified atom stereocenters. The maximum atomic E-state index is 6.92. The van der Waals surface area contributed by atoms with Gasteiger partial charge in [0.1, 0.15) is 5.58 Å². The van der Waals surface area contributed by atoms with E-state index in [4.69, 9.17) is 4.42 Å². The second-order valence-corrected chi connectivity index (χ2v) is 15.6. The third kappa shape index (κ3) is 4.17. The van der Waals surface area contributed by atoms with Crippen LogP contribution in [-0.4, -0.2) is 0 Å². The smallest absolute Gasteiger partial charge is 0.159 e. The fourth-order valence-corrected chi connectivity index (χ4v) is 9.84. The Hall–Kier alpha value is -6.16. The zero-order valence-corrected chi connectivity index (χ0v) is 29.7. The van der Waals surface area contributed by atoms with Crippen LogP contribution in [0.5, 0.6) is 0 Å². The fourth-order valence-electron chi connectivity index (χ4n) is 8.75. The van der Waals surface area contributed by atoms with Gasteiger partial charge in [0.15, 0.2) is 5.58 Å². The average Bonchev–Trinajstić information content (AvgIpc) is 3.84. The predicted molar refractivity (Wildman–Crippen MR) is 222 cm³/mol. The van der Waals surface area contributed by atoms with Crippen LogP contribution in [0, 0.1) is 0 Å². The topological polar surface area (TPSA) is 16.4 Å². The molecule has 0 aliphatic heterocycles. The summed E-state index contributed by atoms with van der Waals surface area (Å²) in [7, 11) is 0. The lowest BCUT2D eigenvalue weighted by atomic mass is 9.82. The molecule has 2 nitrogen and oxygen atoms in total. The first-order chi connectivity index (χ1) is 25.5. The van der Waals surface area contributed by atoms with Crippen LogP contribution in [0.3, 0.4) is 0 Å². The highest BCUT2D eigenvalue weighted by atomic mass is 32.1. The number of anilines is 3. The van der Waals surface area contributed by atoms with Crippen LogP contribution < -0.4 is 4.90 Å². The number of hydrogen-bond acceptors (Lipinski definition) is 3. The number of hydrogen-bond donors (Lipinski definition) is 0. The molecular weight excluding hydrogens is 651 g/mol. The molecule has 0 radical (unpaired) electrons. The summed E-state index contributed by atoms with van der Waals surface area (Å²) in [6.45, 7) is 4.69. The summed E-state index contributed by atoms with van der Waals surface area (Å²) in [5.41, 5.74) is 12.9. The van der Waals surface area contributed by atoms with Crippen molar-refractivity contribution >= 4 is 81.3 Å². The van der Waals surface area contributed by atoms with E-state index >= 15 is 0 Å². The predicted octanol–water partition coefficient (Wildman–Crippen LogP) is 14.6. The highest BCUT2D eigenvalue weighted by molar-refractivity contribution is 7.25. The fraction of sp³-hybridized carbons (Fsp3) is 0.0612. The Balaban J connectivity index is 1.12. The summed E-state index contributed by atoms with van der Waals surface area (Å²) in [5.74, 6) is 0. The zero-order valence-electron chi connectivity index (χ0n) is 28.9. The molecule has 0 N–H and O–H groups in total. The van der Waals surface area contributed by atoms with Gasteiger partial charge in [-0.25, -0.2) is 0 Å². The van der Waals surface area contributed by atoms with E-state index in [0.717, 1.165) is 44.4 Å². The van der Waals surface area contributed by atoms with Crippen molar-refractivity contribution in [2.24, 2.45) is 0 Å². The normalized spacial score (nSPS) is 13.3. The summed E-state index contributed by atoms with van der Waals surface area (Å²) in [6, 6.07) is 59.8. The second-order valence-electron chi connectivity index (χ2n) is 14.5. The molecule has 0 bridgehead atoms. The van der Waals surface area contributed by atoms with Crippen molar-refractivity contribution in [3.05, 3.63) is 175 Å². The SMILES string of the molecule is CC1(C)c2ccccc2-c2c(-c3ccc(N(c4ccc5sc6ccccc6c5c4)c4cccc5c4oc4c6ccccc6ccc54)cc3)cccc21. The first-order valence-electron chi connectivity index (χ1n) is 17.9. The minimum absolute atomic E-state index is 0.0419. The molecule has 11 rings (SSSR count). The quantitative estimate of drug-likeness (QED) is 0.184. The molecule has 10 aromatic rings. The van der Waals surface area contributed by atoms with Crippen molar-refractivity contribution in [2.75, 3.05) is 4.90 Å². The number of furan rings is 1. The van der Waals surface area contributed by atoms with Crippen LogP contribution in [0.4, 0.5) is 17.1 Å². The first-order valence-corrected chi connectivity index (χ1v) is 18.7. The summed E-state index contributed by atoms with van der Waals surface area (Å²) < 4.78 is 9.51. The van der Waals surface area contributed by atoms with E-state index in [1.807, 2.05) is 11.3 Å². The van der Waals surface area contributed by atoms with Gasteiger partial charge in [-0.2, -0.15) is 0 Å². The molecule has 0 fully saturated rings. The average molecular weight is 684 g/mol. The van der Waals surface area contributed by atoms with Gasteiger partial charge >= 0.3 is 0 Å². The molecule has 246 valence electrons. The Labute approximate surface area is 305 Å². The number of para-hydroxylation sites is 1. The van der Waals surface area contributed by atoms with E-state index in [2.05, 4.69) is 183 Å². The van der Waals surface area contributed by atoms with E-state index in [0.29, 0.717) is 0 Å². The standard InChI is InChI=1S/C49H33NOS/c1-49(2)41-17-7-5-14-39(41)46-34(15-9-18-42(46)49)31-21-24-32(25-22-31)50(33-26-28-45-40(29-33)36-13-6-8-20-44(36)52-45)43-19-10-16-37-38-27-23-30-11-3-4-12-35(30)47(38)51-48(37)43/h3-29H,1-2H3. The van der Waals surface area contributed by atoms with E-state index in [-0.39, 0.29) is 5.41 Å². The molecule has 0 amide bonds. The lowest BCUT2D eigenvalue weighted by Crippen LogP contribution is -2.14. The maximum absolute atomic E-state index is 6.92. The minimum Gasteiger partial charge on any atom is -0.453 e. The third-order valence-corrected chi connectivity index (χ3v) is 12.4. The Morgan fingerprint density at radius 1 is 0.481 bits per heavy atom. The number of benzene rings is 8. The Morgan fingerprint density at radius 2 is 1.15 bits per heavy atom. The van der Waals surface area contributed by atoms with E-state index in [9.17, 15) is 0 Å². The Bertz CT molecular complexity index is 3050. The molecule has 0 saturated carbocycles. The van der Waals surface area contributed by atoms with Gasteiger partial charge in [0.05, 0.1) is 5.69 Å². The third-order valence-electron chi connectivity index (χ3n) is 11.3. The molecule has 0 saturated heterocycles. The lowest BCUT2D eigenvalue weighted by Gasteiger charge is -2.26. The van der Waals surface area contributed by atoms with Crippen LogP contribution in [0.1, 0.15) is 25.0 Å². The zero-order chi connectivity index (χ0) is 34.6. The van der Waals surface area contributed by atoms with Gasteiger partial charge < -0.3 is 9.32 Å². The highest BCUT2D eigenvalue weighted by Crippen LogP contribution is 2.52. The van der Waals surface area contributed by atoms with Gasteiger partial charge in [0.2, 0.25) is 0 Å². The molecule has 1 aliphatic rings. The van der Waals surface area contributed by atoms with Crippen LogP contribution >= 0.6 is 11.3 Å². The summed E-state index contributed by atoms with van der Waals surface area (Å²) >= 11 is 1.85. The van der Waals surface area contributed by atoms with Gasteiger partial charge in [0.25, 0.3) is 0 Å². The summed E-state index contributed by atoms with van der Waals surface area (Å²) in [5, 5.41) is 7.10. The van der Waals surface area contributed by atoms with Gasteiger partial charge in [-0.3, -0.25) is 0 Å². The van der Waals surface area contributed by atoms with Gasteiger partial charge in [-0.05, 0) is 87.3 Å². The molecule has 3 heteroatoms. The maximum Gasteiger partial charge on any atom is 0.159 e. The molecule has 1 aliphatic carbocycles. The monoisotopic (exact) mass is 683 g/mol. The first kappa shape index (κ1) is 29.6. The molecule has 2 aromatic heterocycles. The molecule has 8 aromatic carbocycles. The minimum atomic E-state index is -0.0419. The van der Waals surface area contributed by atoms with Crippen molar-refractivity contribution in [1.82, 2.24) is 0 Å². The van der Waals surface area contributed by atoms with Crippen LogP contribution in [0.25, 0.3) is 75.1 Å². The van der Waals surface area contributed by atoms with E-state index < -0.39 is 0 Å². The second kappa shape index (κ2) is 10.9. The molecule has 0 atom stereocenters. The number of fused-ring (bicyclic) bond motifs is 11. The molecule has 52 heavy (non-hydrogen) atoms. The number of nitrogens with zero attached hydrogens (tertiary/aromatic N) is 1. The van der Waals surface area contributed by atoms with Crippen LogP contribution in [0.2, 0.25) is 0 Å². The van der Waals surface area contributed by atoms with E-state index in [1.54, 1.807) is 0 Å². The van der Waals surface area contributed by atoms with Crippen molar-refractivity contribution in [1.29, 1.82) is 0 Å². The van der Waals surface area contributed by atoms with Crippen LogP contribution in [-0.2, 0) is 5.41 Å². The van der Waals surface area contributed by atoms with E-state index in [1.165, 1.54) is 58.9 Å². The lowest BCUT2D eigenvalue weighted by molar-refractivity contribution is 0.660. The van der Waals surface area contributed by atoms with Crippen molar-refractivity contribution in [3.8, 4) is 22.3 Å². The molecule has 2 heterocycles. The summed E-state index contributed by atoms with van der Waals surface area (Å²) in [4.78, 5) is 2.37. The highest BCUT2D eigenvalue weighted by Gasteiger charge is 2.36. The van der Waals surface area contributed by atoms with Crippen molar-refractivity contribution < 1.29 is 4.42 Å². The largest absolute Gasteiger partial charge is 0.453 e. The van der Waals surface area contributed by atoms with Gasteiger partial charge in [0, 0.05) is 53.1 Å². The van der Waals surface area contributed by atoms with Crippen molar-refractivity contribution in [2.45, 2.75) is 19.3 Å². The summed E-state index contributed by atoms with van der Waals surface area (Å²) in [6.07, 6.45) is 0. The number of rotatable bonds is 4.